The van der Waals surface area contributed by atoms with Gasteiger partial charge in [-0.05, 0) is 18.6 Å². The lowest BCUT2D eigenvalue weighted by Crippen LogP contribution is -2.21. The number of methoxy groups -OCH3 is 1. The van der Waals surface area contributed by atoms with Crippen LogP contribution in [0.3, 0.4) is 0 Å². The molecule has 0 radical (unpaired) electrons. The summed E-state index contributed by atoms with van der Waals surface area (Å²) in [5.41, 5.74) is 1.48. The molecule has 21 heavy (non-hydrogen) atoms. The summed E-state index contributed by atoms with van der Waals surface area (Å²) in [4.78, 5) is 5.76. The summed E-state index contributed by atoms with van der Waals surface area (Å²) in [6, 6.07) is 5.25. The van der Waals surface area contributed by atoms with Gasteiger partial charge in [-0.25, -0.2) is 9.37 Å². The van der Waals surface area contributed by atoms with Gasteiger partial charge in [-0.3, -0.25) is 0 Å². The lowest BCUT2D eigenvalue weighted by Gasteiger charge is -2.07. The number of hydrogen-bond acceptors (Lipinski definition) is 4. The molecule has 1 heterocycles. The molecule has 0 saturated heterocycles. The molecular formula is C16H21FN2OS. The van der Waals surface area contributed by atoms with E-state index in [0.717, 1.165) is 23.5 Å². The van der Waals surface area contributed by atoms with Crippen LogP contribution in [0.5, 0.6) is 5.75 Å². The van der Waals surface area contributed by atoms with Crippen LogP contribution in [0.1, 0.15) is 31.3 Å². The van der Waals surface area contributed by atoms with Crippen molar-refractivity contribution in [1.82, 2.24) is 10.3 Å². The molecule has 1 aromatic heterocycles. The van der Waals surface area contributed by atoms with Gasteiger partial charge in [-0.1, -0.05) is 26.8 Å². The van der Waals surface area contributed by atoms with E-state index < -0.39 is 0 Å². The molecule has 0 aliphatic carbocycles. The number of rotatable bonds is 6. The van der Waals surface area contributed by atoms with E-state index in [0.29, 0.717) is 22.4 Å². The maximum absolute atomic E-state index is 14.2. The Hall–Kier alpha value is -1.46. The molecule has 0 aliphatic heterocycles. The summed E-state index contributed by atoms with van der Waals surface area (Å²) in [7, 11) is 1.55. The predicted molar refractivity (Wildman–Crippen MR) is 85.4 cm³/mol. The molecule has 0 bridgehead atoms. The van der Waals surface area contributed by atoms with E-state index in [9.17, 15) is 4.39 Å². The maximum atomic E-state index is 14.2. The molecule has 0 spiro atoms. The van der Waals surface area contributed by atoms with E-state index in [1.54, 1.807) is 19.2 Å². The van der Waals surface area contributed by atoms with Crippen molar-refractivity contribution in [1.29, 1.82) is 0 Å². The number of ether oxygens (including phenoxy) is 1. The number of benzene rings is 1. The molecule has 2 aromatic rings. The first-order chi connectivity index (χ1) is 10.1. The fourth-order valence-corrected chi connectivity index (χ4v) is 3.24. The van der Waals surface area contributed by atoms with Gasteiger partial charge in [0.25, 0.3) is 0 Å². The highest BCUT2D eigenvalue weighted by Gasteiger charge is 2.18. The van der Waals surface area contributed by atoms with Crippen LogP contribution in [0.15, 0.2) is 18.2 Å². The Labute approximate surface area is 129 Å². The highest BCUT2D eigenvalue weighted by Crippen LogP contribution is 2.36. The van der Waals surface area contributed by atoms with Crippen LogP contribution in [-0.2, 0) is 13.0 Å². The molecule has 114 valence electrons. The van der Waals surface area contributed by atoms with Gasteiger partial charge < -0.3 is 10.1 Å². The zero-order valence-electron chi connectivity index (χ0n) is 12.9. The number of aryl methyl sites for hydroxylation is 1. The first kappa shape index (κ1) is 15.9. The Balaban J connectivity index is 2.41. The Morgan fingerprint density at radius 3 is 2.76 bits per heavy atom. The van der Waals surface area contributed by atoms with Crippen molar-refractivity contribution in [3.05, 3.63) is 34.6 Å². The van der Waals surface area contributed by atoms with Crippen LogP contribution in [0.2, 0.25) is 0 Å². The fourth-order valence-electron chi connectivity index (χ4n) is 2.08. The van der Waals surface area contributed by atoms with Crippen LogP contribution >= 0.6 is 11.3 Å². The highest BCUT2D eigenvalue weighted by molar-refractivity contribution is 7.15. The van der Waals surface area contributed by atoms with Crippen molar-refractivity contribution in [2.45, 2.75) is 39.8 Å². The van der Waals surface area contributed by atoms with E-state index in [1.165, 1.54) is 17.4 Å². The SMILES string of the molecule is CCc1nc(-c2c(F)cccc2OC)sc1CNC(C)C. The second-order valence-electron chi connectivity index (χ2n) is 5.10. The lowest BCUT2D eigenvalue weighted by atomic mass is 10.2. The molecular weight excluding hydrogens is 287 g/mol. The number of thiazole rings is 1. The van der Waals surface area contributed by atoms with Crippen molar-refractivity contribution in [3.63, 3.8) is 0 Å². The maximum Gasteiger partial charge on any atom is 0.137 e. The van der Waals surface area contributed by atoms with Crippen LogP contribution in [0.25, 0.3) is 10.6 Å². The number of aromatic nitrogens is 1. The van der Waals surface area contributed by atoms with Crippen LogP contribution in [0, 0.1) is 5.82 Å². The Bertz CT molecular complexity index is 610. The minimum Gasteiger partial charge on any atom is -0.496 e. The van der Waals surface area contributed by atoms with E-state index in [2.05, 4.69) is 31.1 Å². The van der Waals surface area contributed by atoms with Crippen molar-refractivity contribution in [3.8, 4) is 16.3 Å². The Morgan fingerprint density at radius 2 is 2.14 bits per heavy atom. The fraction of sp³-hybridized carbons (Fsp3) is 0.438. The summed E-state index contributed by atoms with van der Waals surface area (Å²) in [6.45, 7) is 7.03. The molecule has 0 atom stereocenters. The zero-order valence-corrected chi connectivity index (χ0v) is 13.7. The summed E-state index contributed by atoms with van der Waals surface area (Å²) < 4.78 is 19.4. The smallest absolute Gasteiger partial charge is 0.137 e. The van der Waals surface area contributed by atoms with Gasteiger partial charge in [-0.2, -0.15) is 0 Å². The quantitative estimate of drug-likeness (QED) is 0.875. The molecule has 1 N–H and O–H groups in total. The monoisotopic (exact) mass is 308 g/mol. The highest BCUT2D eigenvalue weighted by atomic mass is 32.1. The Morgan fingerprint density at radius 1 is 1.38 bits per heavy atom. The first-order valence-electron chi connectivity index (χ1n) is 7.11. The van der Waals surface area contributed by atoms with E-state index in [-0.39, 0.29) is 5.82 Å². The molecule has 2 rings (SSSR count). The molecule has 0 saturated carbocycles. The largest absolute Gasteiger partial charge is 0.496 e. The van der Waals surface area contributed by atoms with Crippen molar-refractivity contribution >= 4 is 11.3 Å². The summed E-state index contributed by atoms with van der Waals surface area (Å²) in [6.07, 6.45) is 0.836. The van der Waals surface area contributed by atoms with Gasteiger partial charge in [0.05, 0.1) is 18.4 Å². The van der Waals surface area contributed by atoms with E-state index in [4.69, 9.17) is 4.74 Å². The van der Waals surface area contributed by atoms with Gasteiger partial charge in [0.1, 0.15) is 16.6 Å². The average Bonchev–Trinajstić information content (AvgIpc) is 2.87. The van der Waals surface area contributed by atoms with E-state index >= 15 is 0 Å². The van der Waals surface area contributed by atoms with Crippen molar-refractivity contribution < 1.29 is 9.13 Å². The van der Waals surface area contributed by atoms with Crippen LogP contribution in [-0.4, -0.2) is 18.1 Å². The van der Waals surface area contributed by atoms with Gasteiger partial charge in [0.15, 0.2) is 0 Å². The number of halogens is 1. The third-order valence-electron chi connectivity index (χ3n) is 3.19. The molecule has 5 heteroatoms. The summed E-state index contributed by atoms with van der Waals surface area (Å²) in [5, 5.41) is 4.07. The average molecular weight is 308 g/mol. The second-order valence-corrected chi connectivity index (χ2v) is 6.18. The third-order valence-corrected chi connectivity index (χ3v) is 4.31. The topological polar surface area (TPSA) is 34.1 Å². The Kier molecular flexibility index (Phi) is 5.31. The molecule has 0 aliphatic rings. The zero-order chi connectivity index (χ0) is 15.4. The summed E-state index contributed by atoms with van der Waals surface area (Å²) >= 11 is 1.53. The predicted octanol–water partition coefficient (Wildman–Crippen LogP) is 4.02. The van der Waals surface area contributed by atoms with Crippen molar-refractivity contribution in [2.75, 3.05) is 7.11 Å². The number of nitrogens with zero attached hydrogens (tertiary/aromatic N) is 1. The minimum absolute atomic E-state index is 0.297. The number of nitrogens with one attached hydrogen (secondary N) is 1. The molecule has 0 amide bonds. The van der Waals surface area contributed by atoms with Gasteiger partial charge in [0.2, 0.25) is 0 Å². The van der Waals surface area contributed by atoms with Gasteiger partial charge >= 0.3 is 0 Å². The molecule has 0 unspecified atom stereocenters. The minimum atomic E-state index is -0.297. The van der Waals surface area contributed by atoms with Gasteiger partial charge in [-0.15, -0.1) is 11.3 Å². The normalized spacial score (nSPS) is 11.1. The van der Waals surface area contributed by atoms with Crippen molar-refractivity contribution in [2.24, 2.45) is 0 Å². The molecule has 0 fully saturated rings. The lowest BCUT2D eigenvalue weighted by molar-refractivity contribution is 0.413. The number of hydrogen-bond donors (Lipinski definition) is 1. The second kappa shape index (κ2) is 7.00. The van der Waals surface area contributed by atoms with Gasteiger partial charge in [0, 0.05) is 17.5 Å². The van der Waals surface area contributed by atoms with Crippen LogP contribution < -0.4 is 10.1 Å². The van der Waals surface area contributed by atoms with E-state index in [1.807, 2.05) is 0 Å². The standard InChI is InChI=1S/C16H21FN2OS/c1-5-12-14(9-18-10(2)3)21-16(19-12)15-11(17)7-6-8-13(15)20-4/h6-8,10,18H,5,9H2,1-4H3. The first-order valence-corrected chi connectivity index (χ1v) is 7.93. The molecule has 1 aromatic carbocycles. The molecule has 3 nitrogen and oxygen atoms in total. The third kappa shape index (κ3) is 3.60. The van der Waals surface area contributed by atoms with Crippen LogP contribution in [0.4, 0.5) is 4.39 Å². The summed E-state index contributed by atoms with van der Waals surface area (Å²) in [5.74, 6) is 0.226.